The van der Waals surface area contributed by atoms with Crippen molar-refractivity contribution in [3.05, 3.63) is 59.5 Å². The number of hydrogen-bond acceptors (Lipinski definition) is 7. The molecule has 0 spiro atoms. The summed E-state index contributed by atoms with van der Waals surface area (Å²) in [6.45, 7) is 0. The predicted octanol–water partition coefficient (Wildman–Crippen LogP) is 5.45. The van der Waals surface area contributed by atoms with Gasteiger partial charge in [-0.25, -0.2) is 0 Å². The topological polar surface area (TPSA) is 93.1 Å². The fourth-order valence-electron chi connectivity index (χ4n) is 5.27. The van der Waals surface area contributed by atoms with Crippen molar-refractivity contribution in [3.63, 3.8) is 0 Å². The highest BCUT2D eigenvalue weighted by atomic mass is 32.2. The molecule has 39 heavy (non-hydrogen) atoms. The molecule has 2 aromatic rings. The number of unbranched alkanes of at least 4 members (excludes halogenated alkanes) is 1. The zero-order valence-electron chi connectivity index (χ0n) is 22.5. The van der Waals surface area contributed by atoms with Gasteiger partial charge in [-0.2, -0.15) is 0 Å². The molecule has 0 bridgehead atoms. The Morgan fingerprint density at radius 1 is 1.18 bits per heavy atom. The average Bonchev–Trinajstić information content (AvgIpc) is 3.59. The van der Waals surface area contributed by atoms with Gasteiger partial charge in [-0.15, -0.1) is 5.92 Å². The second-order valence-corrected chi connectivity index (χ2v) is 11.1. The van der Waals surface area contributed by atoms with Gasteiger partial charge in [-0.1, -0.05) is 60.9 Å². The standard InChI is InChI=1S/C32H36O6S/c1-37-24-16-17-25-22(19-24)11-8-13-28(25)39-29-20-23(15-18-26(33)21-9-6-7-10-21)31(32(29)36)27(34)12-4-3-5-14-30(35)38-2/h8,11,13,15-21,23,26-27,31,33-34H,3,5-7,9-10,14H2,1-2H3. The smallest absolute Gasteiger partial charge is 0.305 e. The van der Waals surface area contributed by atoms with E-state index in [2.05, 4.69) is 16.6 Å². The van der Waals surface area contributed by atoms with Crippen LogP contribution >= 0.6 is 11.8 Å². The number of hydrogen-bond donors (Lipinski definition) is 2. The first-order chi connectivity index (χ1) is 18.9. The Labute approximate surface area is 234 Å². The monoisotopic (exact) mass is 548 g/mol. The molecule has 0 heterocycles. The fraction of sp³-hybridized carbons (Fsp3) is 0.438. The molecule has 1 saturated carbocycles. The number of thioether (sulfide) groups is 1. The minimum atomic E-state index is -1.17. The van der Waals surface area contributed by atoms with Crippen LogP contribution in [-0.4, -0.2) is 48.4 Å². The maximum atomic E-state index is 13.6. The third-order valence-corrected chi connectivity index (χ3v) is 8.62. The van der Waals surface area contributed by atoms with Gasteiger partial charge in [0.1, 0.15) is 11.9 Å². The molecule has 4 atom stereocenters. The number of carbonyl (C=O) groups excluding carboxylic acids is 2. The van der Waals surface area contributed by atoms with Gasteiger partial charge in [-0.3, -0.25) is 9.59 Å². The lowest BCUT2D eigenvalue weighted by molar-refractivity contribution is -0.140. The third-order valence-electron chi connectivity index (χ3n) is 7.49. The molecule has 2 aliphatic carbocycles. The lowest BCUT2D eigenvalue weighted by Crippen LogP contribution is -2.29. The molecule has 4 unspecified atom stereocenters. The van der Waals surface area contributed by atoms with E-state index in [0.29, 0.717) is 17.7 Å². The normalized spacial score (nSPS) is 21.0. The highest BCUT2D eigenvalue weighted by Gasteiger charge is 2.39. The van der Waals surface area contributed by atoms with Gasteiger partial charge in [-0.05, 0) is 60.2 Å². The van der Waals surface area contributed by atoms with E-state index in [4.69, 9.17) is 4.74 Å². The Kier molecular flexibility index (Phi) is 10.3. The summed E-state index contributed by atoms with van der Waals surface area (Å²) in [5.41, 5.74) is 0. The van der Waals surface area contributed by atoms with E-state index in [0.717, 1.165) is 47.1 Å². The minimum absolute atomic E-state index is 0.160. The van der Waals surface area contributed by atoms with Crippen LogP contribution in [0.25, 0.3) is 10.8 Å². The third kappa shape index (κ3) is 7.33. The van der Waals surface area contributed by atoms with Crippen molar-refractivity contribution in [2.24, 2.45) is 17.8 Å². The van der Waals surface area contributed by atoms with Crippen LogP contribution in [0.5, 0.6) is 5.75 Å². The molecule has 4 rings (SSSR count). The van der Waals surface area contributed by atoms with Crippen LogP contribution in [0.4, 0.5) is 0 Å². The van der Waals surface area contributed by atoms with E-state index in [1.54, 1.807) is 13.2 Å². The molecule has 0 aromatic heterocycles. The molecule has 1 fully saturated rings. The molecule has 206 valence electrons. The number of benzene rings is 2. The first kappa shape index (κ1) is 28.9. The zero-order valence-corrected chi connectivity index (χ0v) is 23.3. The van der Waals surface area contributed by atoms with Crippen molar-refractivity contribution in [1.29, 1.82) is 0 Å². The largest absolute Gasteiger partial charge is 0.497 e. The number of aliphatic hydroxyl groups excluding tert-OH is 2. The van der Waals surface area contributed by atoms with E-state index in [1.807, 2.05) is 48.6 Å². The van der Waals surface area contributed by atoms with Gasteiger partial charge in [0, 0.05) is 23.7 Å². The van der Waals surface area contributed by atoms with Crippen molar-refractivity contribution in [2.75, 3.05) is 14.2 Å². The molecule has 0 amide bonds. The van der Waals surface area contributed by atoms with Crippen LogP contribution in [0, 0.1) is 29.6 Å². The quantitative estimate of drug-likeness (QED) is 0.176. The number of allylic oxidation sites excluding steroid dienone is 3. The maximum Gasteiger partial charge on any atom is 0.305 e. The van der Waals surface area contributed by atoms with Gasteiger partial charge < -0.3 is 19.7 Å². The molecule has 0 aliphatic heterocycles. The summed E-state index contributed by atoms with van der Waals surface area (Å²) in [6, 6.07) is 11.8. The maximum absolute atomic E-state index is 13.6. The number of fused-ring (bicyclic) bond motifs is 1. The Morgan fingerprint density at radius 2 is 1.97 bits per heavy atom. The summed E-state index contributed by atoms with van der Waals surface area (Å²) in [4.78, 5) is 26.4. The lowest BCUT2D eigenvalue weighted by Gasteiger charge is -2.19. The number of ketones is 1. The summed E-state index contributed by atoms with van der Waals surface area (Å²) in [5.74, 6) is 5.14. The summed E-state index contributed by atoms with van der Waals surface area (Å²) in [6.07, 6.45) is 9.25. The van der Waals surface area contributed by atoms with Crippen LogP contribution in [0.15, 0.2) is 64.4 Å². The Bertz CT molecular complexity index is 1300. The second kappa shape index (κ2) is 13.8. The summed E-state index contributed by atoms with van der Waals surface area (Å²) in [7, 11) is 2.98. The number of carbonyl (C=O) groups is 2. The van der Waals surface area contributed by atoms with E-state index >= 15 is 0 Å². The number of ether oxygens (including phenoxy) is 2. The van der Waals surface area contributed by atoms with Crippen molar-refractivity contribution in [3.8, 4) is 17.6 Å². The highest BCUT2D eigenvalue weighted by Crippen LogP contribution is 2.42. The van der Waals surface area contributed by atoms with Crippen LogP contribution in [0.2, 0.25) is 0 Å². The first-order valence-electron chi connectivity index (χ1n) is 13.5. The van der Waals surface area contributed by atoms with E-state index < -0.39 is 18.1 Å². The Morgan fingerprint density at radius 3 is 2.72 bits per heavy atom. The van der Waals surface area contributed by atoms with E-state index in [-0.39, 0.29) is 30.0 Å². The number of esters is 1. The van der Waals surface area contributed by atoms with Gasteiger partial charge >= 0.3 is 5.97 Å². The molecule has 2 N–H and O–H groups in total. The second-order valence-electron chi connectivity index (χ2n) is 10.1. The summed E-state index contributed by atoms with van der Waals surface area (Å²) >= 11 is 1.39. The number of aliphatic hydroxyl groups is 2. The average molecular weight is 549 g/mol. The molecule has 2 aliphatic rings. The predicted molar refractivity (Wildman–Crippen MR) is 153 cm³/mol. The molecular formula is C32H36O6S. The van der Waals surface area contributed by atoms with Crippen molar-refractivity contribution in [2.45, 2.75) is 62.0 Å². The molecule has 0 saturated heterocycles. The number of rotatable bonds is 10. The molecule has 7 heteroatoms. The highest BCUT2D eigenvalue weighted by molar-refractivity contribution is 8.04. The Hall–Kier alpha value is -3.05. The van der Waals surface area contributed by atoms with Crippen molar-refractivity contribution in [1.82, 2.24) is 0 Å². The van der Waals surface area contributed by atoms with Crippen LogP contribution in [-0.2, 0) is 14.3 Å². The number of methoxy groups -OCH3 is 2. The Balaban J connectivity index is 1.55. The molecular weight excluding hydrogens is 512 g/mol. The van der Waals surface area contributed by atoms with Gasteiger partial charge in [0.05, 0.1) is 31.1 Å². The molecule has 0 radical (unpaired) electrons. The van der Waals surface area contributed by atoms with Crippen LogP contribution < -0.4 is 4.74 Å². The van der Waals surface area contributed by atoms with E-state index in [1.165, 1.54) is 18.9 Å². The van der Waals surface area contributed by atoms with Gasteiger partial charge in [0.2, 0.25) is 0 Å². The number of Topliss-reactive ketones (excluding diaryl/α,β-unsaturated/α-hetero) is 1. The SMILES string of the molecule is COC(=O)CCCC#CC(O)C1C(=O)C(Sc2cccc3cc(OC)ccc23)=CC1C=CC(O)C1CCCC1. The van der Waals surface area contributed by atoms with Crippen LogP contribution in [0.1, 0.15) is 44.9 Å². The van der Waals surface area contributed by atoms with E-state index in [9.17, 15) is 19.8 Å². The lowest BCUT2D eigenvalue weighted by atomic mass is 9.88. The molecule has 6 nitrogen and oxygen atoms in total. The van der Waals surface area contributed by atoms with Crippen molar-refractivity contribution >= 4 is 34.3 Å². The summed E-state index contributed by atoms with van der Waals surface area (Å²) in [5, 5.41) is 23.7. The summed E-state index contributed by atoms with van der Waals surface area (Å²) < 4.78 is 10.00. The van der Waals surface area contributed by atoms with Crippen LogP contribution in [0.3, 0.4) is 0 Å². The first-order valence-corrected chi connectivity index (χ1v) is 14.3. The fourth-order valence-corrected chi connectivity index (χ4v) is 6.41. The minimum Gasteiger partial charge on any atom is -0.497 e. The van der Waals surface area contributed by atoms with Gasteiger partial charge in [0.25, 0.3) is 0 Å². The zero-order chi connectivity index (χ0) is 27.8. The van der Waals surface area contributed by atoms with Crippen molar-refractivity contribution < 1.29 is 29.3 Å². The van der Waals surface area contributed by atoms with Gasteiger partial charge in [0.15, 0.2) is 5.78 Å². The molecule has 2 aromatic carbocycles.